The molecule has 0 saturated carbocycles. The first-order chi connectivity index (χ1) is 13.1. The first-order valence-electron chi connectivity index (χ1n) is 8.80. The number of amides is 1. The molecule has 1 amide bonds. The number of hydrogen-bond acceptors (Lipinski definition) is 6. The zero-order chi connectivity index (χ0) is 19.6. The third-order valence-corrected chi connectivity index (χ3v) is 4.19. The minimum absolute atomic E-state index is 0.106. The van der Waals surface area contributed by atoms with E-state index in [4.69, 9.17) is 18.9 Å². The van der Waals surface area contributed by atoms with Crippen molar-refractivity contribution in [2.45, 2.75) is 25.0 Å². The van der Waals surface area contributed by atoms with Crippen LogP contribution in [0.4, 0.5) is 10.5 Å². The van der Waals surface area contributed by atoms with Crippen molar-refractivity contribution < 1.29 is 28.8 Å². The van der Waals surface area contributed by atoms with Crippen molar-refractivity contribution in [3.63, 3.8) is 0 Å². The van der Waals surface area contributed by atoms with E-state index in [0.717, 1.165) is 5.56 Å². The molecular weight excluding hydrogens is 350 g/mol. The Morgan fingerprint density at radius 3 is 2.89 bits per heavy atom. The molecule has 148 valence electrons. The molecule has 2 atom stereocenters. The maximum Gasteiger partial charge on any atom is 0.414 e. The van der Waals surface area contributed by atoms with Gasteiger partial charge in [0.15, 0.2) is 6.79 Å². The lowest BCUT2D eigenvalue weighted by molar-refractivity contribution is -0.00849. The molecular formula is C20H27NO6. The number of fused-ring (bicyclic) bond motifs is 1. The summed E-state index contributed by atoms with van der Waals surface area (Å²) in [6.45, 7) is 8.37. The molecule has 1 aliphatic rings. The molecule has 0 aliphatic carbocycles. The van der Waals surface area contributed by atoms with Crippen LogP contribution in [0.15, 0.2) is 43.5 Å². The van der Waals surface area contributed by atoms with E-state index in [1.807, 2.05) is 6.07 Å². The number of ether oxygens (including phenoxy) is 4. The molecule has 0 spiro atoms. The SMILES string of the molecule is C=CCOC(=O)N1c2ccc(OCOCCOC)cc2C[C@H]1[C@H](O)CC=C. The van der Waals surface area contributed by atoms with Gasteiger partial charge in [-0.1, -0.05) is 18.7 Å². The molecule has 0 unspecified atom stereocenters. The van der Waals surface area contributed by atoms with E-state index in [2.05, 4.69) is 13.2 Å². The Labute approximate surface area is 159 Å². The summed E-state index contributed by atoms with van der Waals surface area (Å²) in [6.07, 6.45) is 2.75. The number of carbonyl (C=O) groups excluding carboxylic acids is 1. The summed E-state index contributed by atoms with van der Waals surface area (Å²) in [4.78, 5) is 14.0. The Morgan fingerprint density at radius 2 is 2.19 bits per heavy atom. The summed E-state index contributed by atoms with van der Waals surface area (Å²) in [7, 11) is 1.60. The predicted molar refractivity (Wildman–Crippen MR) is 102 cm³/mol. The molecule has 0 radical (unpaired) electrons. The normalized spacial score (nSPS) is 16.5. The van der Waals surface area contributed by atoms with Crippen molar-refractivity contribution in [2.75, 3.05) is 38.6 Å². The Morgan fingerprint density at radius 1 is 1.37 bits per heavy atom. The lowest BCUT2D eigenvalue weighted by atomic mass is 10.0. The van der Waals surface area contributed by atoms with Crippen LogP contribution in [0.3, 0.4) is 0 Å². The number of carbonyl (C=O) groups is 1. The minimum atomic E-state index is -0.743. The second kappa shape index (κ2) is 10.7. The van der Waals surface area contributed by atoms with E-state index in [9.17, 15) is 9.90 Å². The first kappa shape index (κ1) is 21.0. The highest BCUT2D eigenvalue weighted by atomic mass is 16.7. The first-order valence-corrected chi connectivity index (χ1v) is 8.80. The van der Waals surface area contributed by atoms with E-state index >= 15 is 0 Å². The molecule has 27 heavy (non-hydrogen) atoms. The molecule has 0 bridgehead atoms. The van der Waals surface area contributed by atoms with Gasteiger partial charge in [-0.25, -0.2) is 4.79 Å². The van der Waals surface area contributed by atoms with Gasteiger partial charge in [0.1, 0.15) is 12.4 Å². The van der Waals surface area contributed by atoms with Crippen LogP contribution in [0, 0.1) is 0 Å². The second-order valence-corrected chi connectivity index (χ2v) is 6.05. The van der Waals surface area contributed by atoms with E-state index in [1.165, 1.54) is 11.0 Å². The summed E-state index contributed by atoms with van der Waals surface area (Å²) in [5.41, 5.74) is 1.60. The quantitative estimate of drug-likeness (QED) is 0.363. The molecule has 1 heterocycles. The van der Waals surface area contributed by atoms with E-state index < -0.39 is 18.2 Å². The number of methoxy groups -OCH3 is 1. The molecule has 2 rings (SSSR count). The molecule has 0 fully saturated rings. The summed E-state index contributed by atoms with van der Waals surface area (Å²) >= 11 is 0. The smallest absolute Gasteiger partial charge is 0.414 e. The van der Waals surface area contributed by atoms with Crippen LogP contribution in [0.5, 0.6) is 5.75 Å². The molecule has 1 aromatic carbocycles. The maximum absolute atomic E-state index is 12.5. The van der Waals surface area contributed by atoms with E-state index in [-0.39, 0.29) is 13.4 Å². The Balaban J connectivity index is 2.12. The second-order valence-electron chi connectivity index (χ2n) is 6.05. The molecule has 1 aliphatic heterocycles. The van der Waals surface area contributed by atoms with E-state index in [1.54, 1.807) is 25.3 Å². The monoisotopic (exact) mass is 377 g/mol. The van der Waals surface area contributed by atoms with Crippen LogP contribution in [0.25, 0.3) is 0 Å². The number of hydrogen-bond donors (Lipinski definition) is 1. The fourth-order valence-corrected chi connectivity index (χ4v) is 2.93. The molecule has 7 nitrogen and oxygen atoms in total. The molecule has 1 N–H and O–H groups in total. The van der Waals surface area contributed by atoms with Gasteiger partial charge in [-0.15, -0.1) is 6.58 Å². The van der Waals surface area contributed by atoms with Crippen LogP contribution in [-0.4, -0.2) is 57.1 Å². The van der Waals surface area contributed by atoms with Gasteiger partial charge in [0, 0.05) is 7.11 Å². The lowest BCUT2D eigenvalue weighted by Gasteiger charge is -2.28. The van der Waals surface area contributed by atoms with Gasteiger partial charge >= 0.3 is 6.09 Å². The van der Waals surface area contributed by atoms with Crippen molar-refractivity contribution in [3.8, 4) is 5.75 Å². The van der Waals surface area contributed by atoms with Gasteiger partial charge in [-0.2, -0.15) is 0 Å². The van der Waals surface area contributed by atoms with Crippen LogP contribution >= 0.6 is 0 Å². The summed E-state index contributed by atoms with van der Waals surface area (Å²) in [5.74, 6) is 0.629. The Bertz CT molecular complexity index is 647. The highest BCUT2D eigenvalue weighted by Gasteiger charge is 2.38. The number of aliphatic hydroxyl groups excluding tert-OH is 1. The van der Waals surface area contributed by atoms with Gasteiger partial charge in [-0.3, -0.25) is 4.90 Å². The number of nitrogens with zero attached hydrogens (tertiary/aromatic N) is 1. The number of aliphatic hydroxyl groups is 1. The fraction of sp³-hybridized carbons (Fsp3) is 0.450. The van der Waals surface area contributed by atoms with Gasteiger partial charge in [-0.05, 0) is 36.6 Å². The van der Waals surface area contributed by atoms with Crippen molar-refractivity contribution in [3.05, 3.63) is 49.1 Å². The summed E-state index contributed by atoms with van der Waals surface area (Å²) in [6, 6.07) is 4.97. The fourth-order valence-electron chi connectivity index (χ4n) is 2.93. The summed E-state index contributed by atoms with van der Waals surface area (Å²) < 4.78 is 21.0. The topological polar surface area (TPSA) is 77.5 Å². The van der Waals surface area contributed by atoms with E-state index in [0.29, 0.717) is 37.5 Å². The van der Waals surface area contributed by atoms with Crippen molar-refractivity contribution in [2.24, 2.45) is 0 Å². The van der Waals surface area contributed by atoms with Crippen LogP contribution in [-0.2, 0) is 20.6 Å². The molecule has 1 aromatic rings. The lowest BCUT2D eigenvalue weighted by Crippen LogP contribution is -2.45. The third-order valence-electron chi connectivity index (χ3n) is 4.19. The van der Waals surface area contributed by atoms with Crippen molar-refractivity contribution in [1.29, 1.82) is 0 Å². The Hall–Kier alpha value is -2.35. The largest absolute Gasteiger partial charge is 0.468 e. The van der Waals surface area contributed by atoms with Crippen LogP contribution in [0.1, 0.15) is 12.0 Å². The zero-order valence-electron chi connectivity index (χ0n) is 15.6. The standard InChI is InChI=1S/C20H27NO6/c1-4-6-19(22)18-13-15-12-16(27-14-25-11-10-24-3)7-8-17(15)21(18)20(23)26-9-5-2/h4-5,7-8,12,18-19,22H,1-2,6,9-11,13-14H2,3H3/t18-,19+/m0/s1. The van der Waals surface area contributed by atoms with Gasteiger partial charge in [0.2, 0.25) is 0 Å². The minimum Gasteiger partial charge on any atom is -0.468 e. The Kier molecular flexibility index (Phi) is 8.32. The van der Waals surface area contributed by atoms with Gasteiger partial charge in [0.25, 0.3) is 0 Å². The number of benzene rings is 1. The third kappa shape index (κ3) is 5.56. The summed E-state index contributed by atoms with van der Waals surface area (Å²) in [5, 5.41) is 10.5. The van der Waals surface area contributed by atoms with Gasteiger partial charge in [0.05, 0.1) is 31.0 Å². The van der Waals surface area contributed by atoms with Crippen LogP contribution < -0.4 is 9.64 Å². The molecule has 0 saturated heterocycles. The molecule has 7 heteroatoms. The highest BCUT2D eigenvalue weighted by Crippen LogP contribution is 2.37. The maximum atomic E-state index is 12.5. The van der Waals surface area contributed by atoms with Gasteiger partial charge < -0.3 is 24.1 Å². The molecule has 0 aromatic heterocycles. The number of anilines is 1. The average molecular weight is 377 g/mol. The average Bonchev–Trinajstić information content (AvgIpc) is 3.05. The predicted octanol–water partition coefficient (Wildman–Crippen LogP) is 2.68. The van der Waals surface area contributed by atoms with Crippen molar-refractivity contribution in [1.82, 2.24) is 0 Å². The zero-order valence-corrected chi connectivity index (χ0v) is 15.6. The highest BCUT2D eigenvalue weighted by molar-refractivity contribution is 5.91. The van der Waals surface area contributed by atoms with Crippen LogP contribution in [0.2, 0.25) is 0 Å². The van der Waals surface area contributed by atoms with Crippen molar-refractivity contribution >= 4 is 11.8 Å². The number of rotatable bonds is 11.